The maximum absolute atomic E-state index is 13.5. The van der Waals surface area contributed by atoms with Gasteiger partial charge in [-0.15, -0.1) is 0 Å². The van der Waals surface area contributed by atoms with Gasteiger partial charge in [-0.05, 0) is 109 Å². The number of fused-ring (bicyclic) bond motifs is 1. The minimum absolute atomic E-state index is 0.0215. The number of hydrogen-bond donors (Lipinski definition) is 4. The number of carbonyl (C=O) groups excluding carboxylic acids is 4. The Balaban J connectivity index is 1.55. The number of pyridine rings is 1. The van der Waals surface area contributed by atoms with Crippen LogP contribution in [0.1, 0.15) is 75.3 Å². The first-order chi connectivity index (χ1) is 24.5. The van der Waals surface area contributed by atoms with Crippen LogP contribution in [0.2, 0.25) is 0 Å². The fourth-order valence-corrected chi connectivity index (χ4v) is 7.30. The van der Waals surface area contributed by atoms with Crippen LogP contribution in [-0.4, -0.2) is 95.9 Å². The topological polar surface area (TPSA) is 194 Å². The number of anilines is 1. The van der Waals surface area contributed by atoms with Gasteiger partial charge < -0.3 is 30.2 Å². The number of benzene rings is 1. The number of esters is 1. The van der Waals surface area contributed by atoms with Crippen molar-refractivity contribution in [3.8, 4) is 5.75 Å². The number of nitrogens with zero attached hydrogens (tertiary/aromatic N) is 2. The second-order valence-electron chi connectivity index (χ2n) is 13.7. The monoisotopic (exact) mass is 746 g/mol. The molecular weight excluding hydrogens is 692 g/mol. The Bertz CT molecular complexity index is 1650. The number of carbonyl (C=O) groups is 4. The summed E-state index contributed by atoms with van der Waals surface area (Å²) in [6.45, 7) is 10.3. The Kier molecular flexibility index (Phi) is 15.8. The lowest BCUT2D eigenvalue weighted by molar-refractivity contribution is -0.142. The van der Waals surface area contributed by atoms with Gasteiger partial charge in [0.25, 0.3) is 0 Å². The fourth-order valence-electron chi connectivity index (χ4n) is 5.66. The normalized spacial score (nSPS) is 13.5. The fraction of sp³-hybridized carbons (Fsp3) is 0.583. The number of amides is 3. The smallest absolute Gasteiger partial charge is 0.416 e. The van der Waals surface area contributed by atoms with Gasteiger partial charge in [-0.25, -0.2) is 18.2 Å². The van der Waals surface area contributed by atoms with Crippen molar-refractivity contribution in [3.05, 3.63) is 46.6 Å². The van der Waals surface area contributed by atoms with Crippen LogP contribution in [0.3, 0.4) is 0 Å². The molecule has 1 atom stereocenters. The minimum Gasteiger partial charge on any atom is -0.494 e. The predicted molar refractivity (Wildman–Crippen MR) is 196 cm³/mol. The quantitative estimate of drug-likeness (QED) is 0.129. The number of likely N-dealkylation sites (N-methyl/N-ethyl adjacent to an activating group) is 1. The summed E-state index contributed by atoms with van der Waals surface area (Å²) in [4.78, 5) is 56.3. The van der Waals surface area contributed by atoms with Crippen LogP contribution in [0.15, 0.2) is 29.2 Å². The van der Waals surface area contributed by atoms with E-state index >= 15 is 0 Å². The molecule has 0 fully saturated rings. The molecular formula is C36H54N6O9S. The number of hydrogen-bond acceptors (Lipinski definition) is 11. The van der Waals surface area contributed by atoms with Crippen molar-refractivity contribution in [1.29, 1.82) is 0 Å². The largest absolute Gasteiger partial charge is 0.494 e. The highest BCUT2D eigenvalue weighted by atomic mass is 32.2. The summed E-state index contributed by atoms with van der Waals surface area (Å²) in [7, 11) is -1.29. The molecule has 0 saturated carbocycles. The van der Waals surface area contributed by atoms with Crippen molar-refractivity contribution in [1.82, 2.24) is 25.7 Å². The van der Waals surface area contributed by atoms with E-state index in [4.69, 9.17) is 19.2 Å². The number of sulfonamides is 1. The van der Waals surface area contributed by atoms with Crippen molar-refractivity contribution >= 4 is 39.7 Å². The lowest BCUT2D eigenvalue weighted by Gasteiger charge is -2.31. The molecule has 4 N–H and O–H groups in total. The van der Waals surface area contributed by atoms with Crippen LogP contribution in [0.25, 0.3) is 0 Å². The van der Waals surface area contributed by atoms with Gasteiger partial charge >= 0.3 is 12.1 Å². The van der Waals surface area contributed by atoms with E-state index in [-0.39, 0.29) is 36.3 Å². The van der Waals surface area contributed by atoms with Crippen LogP contribution >= 0.6 is 0 Å². The van der Waals surface area contributed by atoms with E-state index in [0.29, 0.717) is 73.7 Å². The van der Waals surface area contributed by atoms with Crippen LogP contribution in [0.5, 0.6) is 5.75 Å². The third-order valence-electron chi connectivity index (χ3n) is 8.05. The van der Waals surface area contributed by atoms with E-state index in [0.717, 1.165) is 25.5 Å². The van der Waals surface area contributed by atoms with Gasteiger partial charge in [-0.2, -0.15) is 4.72 Å². The van der Waals surface area contributed by atoms with Crippen molar-refractivity contribution in [2.75, 3.05) is 51.8 Å². The molecule has 0 bridgehead atoms. The number of methoxy groups -OCH3 is 1. The van der Waals surface area contributed by atoms with Crippen LogP contribution in [0, 0.1) is 13.8 Å². The van der Waals surface area contributed by atoms with Gasteiger partial charge in [0.1, 0.15) is 23.2 Å². The molecule has 52 heavy (non-hydrogen) atoms. The Morgan fingerprint density at radius 3 is 2.31 bits per heavy atom. The number of ether oxygens (including phenoxy) is 3. The van der Waals surface area contributed by atoms with E-state index in [1.165, 1.54) is 0 Å². The second kappa shape index (κ2) is 19.5. The van der Waals surface area contributed by atoms with E-state index in [9.17, 15) is 27.6 Å². The first-order valence-corrected chi connectivity index (χ1v) is 19.0. The van der Waals surface area contributed by atoms with Gasteiger partial charge in [0.2, 0.25) is 21.8 Å². The summed E-state index contributed by atoms with van der Waals surface area (Å²) in [6, 6.07) is 5.61. The average Bonchev–Trinajstić information content (AvgIpc) is 3.06. The first-order valence-electron chi connectivity index (χ1n) is 17.6. The molecule has 3 amide bonds. The van der Waals surface area contributed by atoms with Gasteiger partial charge in [0.15, 0.2) is 0 Å². The summed E-state index contributed by atoms with van der Waals surface area (Å²) < 4.78 is 45.6. The molecule has 1 aromatic heterocycles. The maximum Gasteiger partial charge on any atom is 0.416 e. The van der Waals surface area contributed by atoms with E-state index in [2.05, 4.69) is 20.7 Å². The Morgan fingerprint density at radius 2 is 1.65 bits per heavy atom. The lowest BCUT2D eigenvalue weighted by atomic mass is 10.0. The zero-order valence-corrected chi connectivity index (χ0v) is 32.2. The summed E-state index contributed by atoms with van der Waals surface area (Å²) >= 11 is 0. The molecule has 2 heterocycles. The van der Waals surface area contributed by atoms with Crippen molar-refractivity contribution < 1.29 is 41.8 Å². The highest BCUT2D eigenvalue weighted by Gasteiger charge is 2.30. The lowest BCUT2D eigenvalue weighted by Crippen LogP contribution is -2.49. The van der Waals surface area contributed by atoms with Crippen molar-refractivity contribution in [2.45, 2.75) is 96.1 Å². The highest BCUT2D eigenvalue weighted by Crippen LogP contribution is 2.28. The van der Waals surface area contributed by atoms with Crippen LogP contribution < -0.4 is 30.3 Å². The summed E-state index contributed by atoms with van der Waals surface area (Å²) in [5, 5.41) is 8.38. The summed E-state index contributed by atoms with van der Waals surface area (Å²) in [5.74, 6) is -0.299. The molecule has 1 aliphatic heterocycles. The Labute approximate surface area is 307 Å². The van der Waals surface area contributed by atoms with Crippen molar-refractivity contribution in [3.63, 3.8) is 0 Å². The minimum atomic E-state index is -4.23. The molecule has 15 nitrogen and oxygen atoms in total. The zero-order valence-electron chi connectivity index (χ0n) is 31.3. The molecule has 0 saturated heterocycles. The maximum atomic E-state index is 13.5. The number of nitrogens with one attached hydrogen (secondary N) is 4. The van der Waals surface area contributed by atoms with Crippen molar-refractivity contribution in [2.24, 2.45) is 0 Å². The molecule has 2 aromatic rings. The number of aryl methyl sites for hydroxylation is 4. The standard InChI is InChI=1S/C36H54N6O9S/c1-24-21-28(50-20-10-14-30(43)38-18-17-37-6)22-25(2)32(24)52(47,48)41-29(34(45)49-7)23-39-31(44)13-8-12-27-16-15-26-11-9-19-42(33(26)40-27)35(46)51-36(3,4)5/h15-16,21-22,29,37,41H,8-14,17-20,23H2,1-7H3,(H,38,43)(H,39,44). The van der Waals surface area contributed by atoms with Gasteiger partial charge in [-0.1, -0.05) is 6.07 Å². The van der Waals surface area contributed by atoms with E-state index in [1.54, 1.807) is 37.9 Å². The third kappa shape index (κ3) is 13.0. The molecule has 16 heteroatoms. The average molecular weight is 747 g/mol. The van der Waals surface area contributed by atoms with Gasteiger partial charge in [-0.3, -0.25) is 19.3 Å². The Hall–Kier alpha value is -4.28. The molecule has 3 rings (SSSR count). The summed E-state index contributed by atoms with van der Waals surface area (Å²) in [6.07, 6.45) is 2.91. The van der Waals surface area contributed by atoms with E-state index in [1.807, 2.05) is 32.9 Å². The van der Waals surface area contributed by atoms with Gasteiger partial charge in [0, 0.05) is 44.7 Å². The summed E-state index contributed by atoms with van der Waals surface area (Å²) in [5.41, 5.74) is 1.82. The predicted octanol–water partition coefficient (Wildman–Crippen LogP) is 2.84. The second-order valence-corrected chi connectivity index (χ2v) is 15.3. The molecule has 1 aromatic carbocycles. The molecule has 1 aliphatic rings. The molecule has 0 aliphatic carbocycles. The number of rotatable bonds is 18. The van der Waals surface area contributed by atoms with E-state index < -0.39 is 33.7 Å². The van der Waals surface area contributed by atoms with Crippen LogP contribution in [0.4, 0.5) is 10.6 Å². The number of aromatic nitrogens is 1. The molecule has 0 radical (unpaired) electrons. The SMILES string of the molecule is CNCCNC(=O)CCCOc1cc(C)c(S(=O)(=O)NC(CNC(=O)CCCc2ccc3c(n2)N(C(=O)OC(C)(C)C)CCC3)C(=O)OC)c(C)c1. The molecule has 0 spiro atoms. The molecule has 1 unspecified atom stereocenters. The Morgan fingerprint density at radius 1 is 0.981 bits per heavy atom. The first kappa shape index (κ1) is 42.1. The third-order valence-corrected chi connectivity index (χ3v) is 9.83. The molecule has 288 valence electrons. The zero-order chi connectivity index (χ0) is 38.5. The highest BCUT2D eigenvalue weighted by molar-refractivity contribution is 7.89. The van der Waals surface area contributed by atoms with Gasteiger partial charge in [0.05, 0.1) is 18.6 Å². The van der Waals surface area contributed by atoms with Crippen LogP contribution in [-0.2, 0) is 46.7 Å².